The molecule has 88 valence electrons. The smallest absolute Gasteiger partial charge is 0.146 e. The highest BCUT2D eigenvalue weighted by Crippen LogP contribution is 2.34. The summed E-state index contributed by atoms with van der Waals surface area (Å²) in [5.74, 6) is 1.46. The number of hydrogen-bond acceptors (Lipinski definition) is 2. The lowest BCUT2D eigenvalue weighted by molar-refractivity contribution is 0.471. The number of fused-ring (bicyclic) bond motifs is 1. The van der Waals surface area contributed by atoms with Crippen molar-refractivity contribution in [3.8, 4) is 16.9 Å². The van der Waals surface area contributed by atoms with Crippen LogP contribution in [0.3, 0.4) is 0 Å². The van der Waals surface area contributed by atoms with Crippen LogP contribution < -0.4 is 4.74 Å². The molecule has 0 aliphatic carbocycles. The SMILES string of the molecule is C=C1Oc2ccc(-c3ccccc3)cc2/C1=N/C. The molecule has 0 saturated heterocycles. The molecule has 0 radical (unpaired) electrons. The summed E-state index contributed by atoms with van der Waals surface area (Å²) in [6.45, 7) is 3.87. The van der Waals surface area contributed by atoms with Crippen molar-refractivity contribution in [2.24, 2.45) is 4.99 Å². The fourth-order valence-electron chi connectivity index (χ4n) is 2.19. The van der Waals surface area contributed by atoms with Crippen molar-refractivity contribution in [1.29, 1.82) is 0 Å². The fourth-order valence-corrected chi connectivity index (χ4v) is 2.19. The molecular weight excluding hydrogens is 222 g/mol. The third kappa shape index (κ3) is 1.63. The van der Waals surface area contributed by atoms with Gasteiger partial charge >= 0.3 is 0 Å². The second-order valence-corrected chi connectivity index (χ2v) is 4.17. The molecule has 2 nitrogen and oxygen atoms in total. The molecule has 0 fully saturated rings. The van der Waals surface area contributed by atoms with E-state index in [1.807, 2.05) is 24.3 Å². The van der Waals surface area contributed by atoms with E-state index in [9.17, 15) is 0 Å². The Kier molecular flexibility index (Phi) is 2.49. The topological polar surface area (TPSA) is 21.6 Å². The van der Waals surface area contributed by atoms with E-state index in [1.165, 1.54) is 5.56 Å². The highest BCUT2D eigenvalue weighted by Gasteiger charge is 2.23. The van der Waals surface area contributed by atoms with Crippen molar-refractivity contribution in [3.63, 3.8) is 0 Å². The van der Waals surface area contributed by atoms with E-state index in [4.69, 9.17) is 4.74 Å². The minimum absolute atomic E-state index is 0.623. The van der Waals surface area contributed by atoms with Crippen LogP contribution in [0.4, 0.5) is 0 Å². The lowest BCUT2D eigenvalue weighted by Gasteiger charge is -2.03. The summed E-state index contributed by atoms with van der Waals surface area (Å²) in [7, 11) is 1.76. The van der Waals surface area contributed by atoms with Gasteiger partial charge in [0.15, 0.2) is 0 Å². The fraction of sp³-hybridized carbons (Fsp3) is 0.0625. The average Bonchev–Trinajstić information content (AvgIpc) is 2.74. The largest absolute Gasteiger partial charge is 0.455 e. The third-order valence-corrected chi connectivity index (χ3v) is 3.06. The van der Waals surface area contributed by atoms with Gasteiger partial charge < -0.3 is 4.74 Å². The first kappa shape index (κ1) is 10.8. The molecule has 18 heavy (non-hydrogen) atoms. The van der Waals surface area contributed by atoms with Gasteiger partial charge in [0, 0.05) is 12.6 Å². The molecule has 1 aliphatic rings. The summed E-state index contributed by atoms with van der Waals surface area (Å²) in [4.78, 5) is 4.24. The molecule has 1 aliphatic heterocycles. The van der Waals surface area contributed by atoms with E-state index in [1.54, 1.807) is 7.05 Å². The van der Waals surface area contributed by atoms with Gasteiger partial charge in [-0.05, 0) is 23.3 Å². The molecule has 0 amide bonds. The van der Waals surface area contributed by atoms with E-state index in [2.05, 4.69) is 35.8 Å². The quantitative estimate of drug-likeness (QED) is 0.739. The van der Waals surface area contributed by atoms with Crippen molar-refractivity contribution in [2.75, 3.05) is 7.05 Å². The zero-order valence-electron chi connectivity index (χ0n) is 10.2. The maximum absolute atomic E-state index is 5.58. The van der Waals surface area contributed by atoms with Gasteiger partial charge in [-0.3, -0.25) is 4.99 Å². The van der Waals surface area contributed by atoms with E-state index in [-0.39, 0.29) is 0 Å². The van der Waals surface area contributed by atoms with E-state index in [0.29, 0.717) is 5.76 Å². The van der Waals surface area contributed by atoms with Gasteiger partial charge in [-0.25, -0.2) is 0 Å². The van der Waals surface area contributed by atoms with Gasteiger partial charge in [-0.15, -0.1) is 0 Å². The van der Waals surface area contributed by atoms with Crippen molar-refractivity contribution < 1.29 is 4.74 Å². The summed E-state index contributed by atoms with van der Waals surface area (Å²) < 4.78 is 5.58. The summed E-state index contributed by atoms with van der Waals surface area (Å²) in [5, 5.41) is 0. The van der Waals surface area contributed by atoms with E-state index >= 15 is 0 Å². The first-order chi connectivity index (χ1) is 8.79. The Hall–Kier alpha value is -2.35. The van der Waals surface area contributed by atoms with Crippen LogP contribution in [0.5, 0.6) is 5.75 Å². The number of ether oxygens (including phenoxy) is 1. The molecule has 3 rings (SSSR count). The monoisotopic (exact) mass is 235 g/mol. The van der Waals surface area contributed by atoms with Crippen molar-refractivity contribution >= 4 is 5.71 Å². The normalized spacial score (nSPS) is 15.6. The number of aliphatic imine (C=N–C) groups is 1. The Bertz CT molecular complexity index is 641. The van der Waals surface area contributed by atoms with Crippen LogP contribution in [0.25, 0.3) is 11.1 Å². The molecule has 0 unspecified atom stereocenters. The third-order valence-electron chi connectivity index (χ3n) is 3.06. The van der Waals surface area contributed by atoms with Gasteiger partial charge in [0.05, 0.1) is 0 Å². The predicted molar refractivity (Wildman–Crippen MR) is 74.1 cm³/mol. The highest BCUT2D eigenvalue weighted by molar-refractivity contribution is 6.16. The summed E-state index contributed by atoms with van der Waals surface area (Å²) in [5.41, 5.74) is 4.20. The Balaban J connectivity index is 2.13. The molecule has 0 spiro atoms. The maximum Gasteiger partial charge on any atom is 0.146 e. The van der Waals surface area contributed by atoms with Crippen LogP contribution in [0.2, 0.25) is 0 Å². The van der Waals surface area contributed by atoms with E-state index in [0.717, 1.165) is 22.6 Å². The van der Waals surface area contributed by atoms with Crippen molar-refractivity contribution in [2.45, 2.75) is 0 Å². The second-order valence-electron chi connectivity index (χ2n) is 4.17. The Labute approximate surface area is 106 Å². The Morgan fingerprint density at radius 2 is 1.78 bits per heavy atom. The number of benzene rings is 2. The summed E-state index contributed by atoms with van der Waals surface area (Å²) in [6.07, 6.45) is 0. The predicted octanol–water partition coefficient (Wildman–Crippen LogP) is 3.68. The minimum Gasteiger partial charge on any atom is -0.455 e. The second kappa shape index (κ2) is 4.15. The van der Waals surface area contributed by atoms with Crippen LogP contribution in [0, 0.1) is 0 Å². The Morgan fingerprint density at radius 1 is 1.00 bits per heavy atom. The van der Waals surface area contributed by atoms with Crippen LogP contribution >= 0.6 is 0 Å². The molecule has 0 aromatic heterocycles. The average molecular weight is 235 g/mol. The number of allylic oxidation sites excluding steroid dienone is 1. The maximum atomic E-state index is 5.58. The number of hydrogen-bond donors (Lipinski definition) is 0. The molecule has 1 heterocycles. The van der Waals surface area contributed by atoms with E-state index < -0.39 is 0 Å². The molecule has 0 saturated carbocycles. The highest BCUT2D eigenvalue weighted by atomic mass is 16.5. The molecule has 2 aromatic rings. The molecule has 2 aromatic carbocycles. The van der Waals surface area contributed by atoms with Crippen molar-refractivity contribution in [1.82, 2.24) is 0 Å². The van der Waals surface area contributed by atoms with Gasteiger partial charge in [-0.2, -0.15) is 0 Å². The van der Waals surface area contributed by atoms with Crippen LogP contribution in [-0.2, 0) is 0 Å². The summed E-state index contributed by atoms with van der Waals surface area (Å²) >= 11 is 0. The number of nitrogens with zero attached hydrogens (tertiary/aromatic N) is 1. The lowest BCUT2D eigenvalue weighted by atomic mass is 10.0. The van der Waals surface area contributed by atoms with Crippen LogP contribution in [-0.4, -0.2) is 12.8 Å². The molecule has 0 atom stereocenters. The first-order valence-corrected chi connectivity index (χ1v) is 5.83. The van der Waals surface area contributed by atoms with Crippen LogP contribution in [0.15, 0.2) is 65.9 Å². The molecule has 2 heteroatoms. The van der Waals surface area contributed by atoms with Crippen LogP contribution in [0.1, 0.15) is 5.56 Å². The van der Waals surface area contributed by atoms with Gasteiger partial charge in [0.1, 0.15) is 17.2 Å². The molecule has 0 bridgehead atoms. The van der Waals surface area contributed by atoms with Crippen molar-refractivity contribution in [3.05, 3.63) is 66.4 Å². The first-order valence-electron chi connectivity index (χ1n) is 5.83. The molecule has 0 N–H and O–H groups in total. The van der Waals surface area contributed by atoms with Gasteiger partial charge in [-0.1, -0.05) is 43.0 Å². The minimum atomic E-state index is 0.623. The zero-order valence-corrected chi connectivity index (χ0v) is 10.2. The lowest BCUT2D eigenvalue weighted by Crippen LogP contribution is -1.98. The standard InChI is InChI=1S/C16H13NO/c1-11-16(17-2)14-10-13(8-9-15(14)18-11)12-6-4-3-5-7-12/h3-10H,1H2,2H3/b17-16+. The zero-order chi connectivity index (χ0) is 12.5. The van der Waals surface area contributed by atoms with Gasteiger partial charge in [0.25, 0.3) is 0 Å². The van der Waals surface area contributed by atoms with Gasteiger partial charge in [0.2, 0.25) is 0 Å². The number of rotatable bonds is 1. The molecular formula is C16H13NO. The Morgan fingerprint density at radius 3 is 2.50 bits per heavy atom. The summed E-state index contributed by atoms with van der Waals surface area (Å²) in [6, 6.07) is 16.4.